The summed E-state index contributed by atoms with van der Waals surface area (Å²) in [5, 5.41) is 0.297. The average Bonchev–Trinajstić information content (AvgIpc) is 2.74. The Balaban J connectivity index is 1.95. The molecule has 158 valence electrons. The highest BCUT2D eigenvalue weighted by atomic mass is 35.5. The molecule has 0 bridgehead atoms. The van der Waals surface area contributed by atoms with Crippen LogP contribution in [0.3, 0.4) is 0 Å². The molecule has 1 fully saturated rings. The van der Waals surface area contributed by atoms with Crippen LogP contribution in [-0.4, -0.2) is 35.8 Å². The van der Waals surface area contributed by atoms with E-state index >= 15 is 0 Å². The minimum Gasteiger partial charge on any atom is -0.395 e. The van der Waals surface area contributed by atoms with Crippen molar-refractivity contribution in [3.63, 3.8) is 0 Å². The fourth-order valence-corrected chi connectivity index (χ4v) is 3.32. The van der Waals surface area contributed by atoms with Crippen LogP contribution in [0.5, 0.6) is 0 Å². The molecule has 2 aromatic rings. The van der Waals surface area contributed by atoms with Gasteiger partial charge in [-0.15, -0.1) is 0 Å². The van der Waals surface area contributed by atoms with Gasteiger partial charge < -0.3 is 10.6 Å². The van der Waals surface area contributed by atoms with Crippen molar-refractivity contribution in [2.45, 2.75) is 25.4 Å². The van der Waals surface area contributed by atoms with Gasteiger partial charge in [0, 0.05) is 24.2 Å². The van der Waals surface area contributed by atoms with Gasteiger partial charge in [0.25, 0.3) is 5.91 Å². The molecule has 0 unspecified atom stereocenters. The van der Waals surface area contributed by atoms with Gasteiger partial charge in [-0.1, -0.05) is 35.9 Å². The zero-order valence-electron chi connectivity index (χ0n) is 16.1. The van der Waals surface area contributed by atoms with Crippen molar-refractivity contribution in [1.82, 2.24) is 4.90 Å². The smallest absolute Gasteiger partial charge is 0.395 e. The molecule has 1 amide bonds. The first-order chi connectivity index (χ1) is 14.3. The largest absolute Gasteiger partial charge is 0.430 e. The lowest BCUT2D eigenvalue weighted by molar-refractivity contribution is -0.0925. The van der Waals surface area contributed by atoms with E-state index in [-0.39, 0.29) is 11.6 Å². The van der Waals surface area contributed by atoms with Gasteiger partial charge in [-0.25, -0.2) is 4.99 Å². The second kappa shape index (κ2) is 9.34. The molecule has 0 aromatic heterocycles. The summed E-state index contributed by atoms with van der Waals surface area (Å²) in [7, 11) is 0. The van der Waals surface area contributed by atoms with Crippen LogP contribution in [0.2, 0.25) is 5.02 Å². The number of allylic oxidation sites excluding steroid dienone is 2. The number of hydrogen-bond donors (Lipinski definition) is 1. The van der Waals surface area contributed by atoms with Crippen molar-refractivity contribution >= 4 is 28.9 Å². The maximum absolute atomic E-state index is 13.0. The molecular formula is C22H21ClF3N3O. The minimum absolute atomic E-state index is 0.00473. The molecule has 0 spiro atoms. The minimum atomic E-state index is -4.69. The number of nitrogens with two attached hydrogens (primary N) is 1. The second-order valence-electron chi connectivity index (χ2n) is 6.98. The summed E-state index contributed by atoms with van der Waals surface area (Å²) in [5.74, 6) is -0.0869. The number of alkyl halides is 3. The van der Waals surface area contributed by atoms with E-state index in [0.29, 0.717) is 34.9 Å². The van der Waals surface area contributed by atoms with E-state index in [1.165, 1.54) is 0 Å². The quantitative estimate of drug-likeness (QED) is 0.645. The van der Waals surface area contributed by atoms with E-state index < -0.39 is 11.9 Å². The summed E-state index contributed by atoms with van der Waals surface area (Å²) in [5.41, 5.74) is 5.11. The fraction of sp³-hybridized carbons (Fsp3) is 0.273. The summed E-state index contributed by atoms with van der Waals surface area (Å²) in [6.45, 7) is 1.43. The summed E-state index contributed by atoms with van der Waals surface area (Å²) in [6.07, 6.45) is -0.867. The van der Waals surface area contributed by atoms with Crippen LogP contribution in [0, 0.1) is 0 Å². The standard InChI is InChI=1S/C22H21ClF3N3O/c23-17-6-2-3-7-18(17)28-19(14-20(27)22(24,25)26)15-8-10-16(11-9-15)21(30)29-12-4-1-5-13-29/h2-3,6-11,14H,1,4-5,12-13,27H2. The summed E-state index contributed by atoms with van der Waals surface area (Å²) in [6, 6.07) is 12.9. The van der Waals surface area contributed by atoms with Crippen molar-refractivity contribution in [1.29, 1.82) is 0 Å². The maximum atomic E-state index is 13.0. The van der Waals surface area contributed by atoms with Gasteiger partial charge in [0.1, 0.15) is 5.70 Å². The number of carbonyl (C=O) groups excluding carboxylic acids is 1. The van der Waals surface area contributed by atoms with Crippen LogP contribution in [0.15, 0.2) is 65.3 Å². The highest BCUT2D eigenvalue weighted by Crippen LogP contribution is 2.27. The van der Waals surface area contributed by atoms with Crippen molar-refractivity contribution in [2.24, 2.45) is 10.7 Å². The molecule has 30 heavy (non-hydrogen) atoms. The first kappa shape index (κ1) is 21.9. The Labute approximate surface area is 177 Å². The average molecular weight is 436 g/mol. The van der Waals surface area contributed by atoms with E-state index in [1.54, 1.807) is 53.4 Å². The topological polar surface area (TPSA) is 58.7 Å². The van der Waals surface area contributed by atoms with E-state index in [9.17, 15) is 18.0 Å². The Bertz CT molecular complexity index is 962. The van der Waals surface area contributed by atoms with Gasteiger partial charge in [0.15, 0.2) is 0 Å². The molecule has 1 aliphatic heterocycles. The van der Waals surface area contributed by atoms with Crippen molar-refractivity contribution < 1.29 is 18.0 Å². The van der Waals surface area contributed by atoms with Gasteiger partial charge in [0.2, 0.25) is 0 Å². The van der Waals surface area contributed by atoms with Gasteiger partial charge in [-0.3, -0.25) is 4.79 Å². The number of likely N-dealkylation sites (tertiary alicyclic amines) is 1. The molecule has 0 atom stereocenters. The first-order valence-corrected chi connectivity index (χ1v) is 9.91. The van der Waals surface area contributed by atoms with Gasteiger partial charge in [0.05, 0.1) is 16.4 Å². The molecule has 2 N–H and O–H groups in total. The predicted octanol–water partition coefficient (Wildman–Crippen LogP) is 5.49. The molecule has 3 rings (SSSR count). The third kappa shape index (κ3) is 5.42. The van der Waals surface area contributed by atoms with Crippen molar-refractivity contribution in [3.8, 4) is 0 Å². The molecule has 4 nitrogen and oxygen atoms in total. The molecule has 8 heteroatoms. The van der Waals surface area contributed by atoms with Crippen LogP contribution in [0.25, 0.3) is 0 Å². The van der Waals surface area contributed by atoms with Crippen LogP contribution >= 0.6 is 11.6 Å². The molecule has 0 saturated carbocycles. The SMILES string of the molecule is NC(=CC(=Nc1ccccc1Cl)c1ccc(C(=O)N2CCCCC2)cc1)C(F)(F)F. The molecule has 2 aromatic carbocycles. The molecular weight excluding hydrogens is 415 g/mol. The number of carbonyl (C=O) groups is 1. The van der Waals surface area contributed by atoms with Crippen LogP contribution in [-0.2, 0) is 0 Å². The summed E-state index contributed by atoms with van der Waals surface area (Å²) >= 11 is 6.10. The number of hydrogen-bond acceptors (Lipinski definition) is 3. The van der Waals surface area contributed by atoms with Crippen molar-refractivity contribution in [2.75, 3.05) is 13.1 Å². The zero-order chi connectivity index (χ0) is 21.7. The maximum Gasteiger partial charge on any atom is 0.430 e. The number of rotatable bonds is 4. The fourth-order valence-electron chi connectivity index (χ4n) is 3.14. The van der Waals surface area contributed by atoms with Gasteiger partial charge in [-0.2, -0.15) is 13.2 Å². The molecule has 1 aliphatic rings. The van der Waals surface area contributed by atoms with E-state index in [1.807, 2.05) is 0 Å². The number of benzene rings is 2. The molecule has 0 aliphatic carbocycles. The number of piperidine rings is 1. The molecule has 0 radical (unpaired) electrons. The lowest BCUT2D eigenvalue weighted by Crippen LogP contribution is -2.35. The van der Waals surface area contributed by atoms with Gasteiger partial charge in [-0.05, 0) is 49.6 Å². The Kier molecular flexibility index (Phi) is 6.82. The lowest BCUT2D eigenvalue weighted by atomic mass is 10.0. The highest BCUT2D eigenvalue weighted by molar-refractivity contribution is 6.33. The summed E-state index contributed by atoms with van der Waals surface area (Å²) in [4.78, 5) is 18.7. The zero-order valence-corrected chi connectivity index (χ0v) is 16.9. The van der Waals surface area contributed by atoms with Crippen LogP contribution < -0.4 is 5.73 Å². The number of aliphatic imine (C=N–C) groups is 1. The van der Waals surface area contributed by atoms with Crippen LogP contribution in [0.1, 0.15) is 35.2 Å². The Hall–Kier alpha value is -2.80. The van der Waals surface area contributed by atoms with E-state index in [4.69, 9.17) is 17.3 Å². The van der Waals surface area contributed by atoms with E-state index in [0.717, 1.165) is 25.3 Å². The Morgan fingerprint density at radius 2 is 1.60 bits per heavy atom. The van der Waals surface area contributed by atoms with E-state index in [2.05, 4.69) is 4.99 Å². The number of para-hydroxylation sites is 1. The van der Waals surface area contributed by atoms with Crippen molar-refractivity contribution in [3.05, 3.63) is 76.5 Å². The predicted molar refractivity (Wildman–Crippen MR) is 112 cm³/mol. The Morgan fingerprint density at radius 1 is 1.00 bits per heavy atom. The third-order valence-corrected chi connectivity index (χ3v) is 5.10. The molecule has 1 heterocycles. The third-order valence-electron chi connectivity index (χ3n) is 4.78. The summed E-state index contributed by atoms with van der Waals surface area (Å²) < 4.78 is 39.0. The molecule has 1 saturated heterocycles. The van der Waals surface area contributed by atoms with Crippen LogP contribution in [0.4, 0.5) is 18.9 Å². The number of nitrogens with zero attached hydrogens (tertiary/aromatic N) is 2. The highest BCUT2D eigenvalue weighted by Gasteiger charge is 2.31. The van der Waals surface area contributed by atoms with Gasteiger partial charge >= 0.3 is 6.18 Å². The first-order valence-electron chi connectivity index (χ1n) is 9.53. The number of halogens is 4. The monoisotopic (exact) mass is 435 g/mol. The normalized spacial score (nSPS) is 15.9. The number of amides is 1. The Morgan fingerprint density at radius 3 is 2.20 bits per heavy atom. The lowest BCUT2D eigenvalue weighted by Gasteiger charge is -2.26. The second-order valence-corrected chi connectivity index (χ2v) is 7.38.